The van der Waals surface area contributed by atoms with Crippen LogP contribution in [0.3, 0.4) is 0 Å². The molecule has 8 nitrogen and oxygen atoms in total. The lowest BCUT2D eigenvalue weighted by Gasteiger charge is -2.28. The fourth-order valence-electron chi connectivity index (χ4n) is 3.38. The van der Waals surface area contributed by atoms with E-state index in [0.29, 0.717) is 25.3 Å². The lowest BCUT2D eigenvalue weighted by Crippen LogP contribution is -2.36. The van der Waals surface area contributed by atoms with Crippen LogP contribution < -0.4 is 0 Å². The number of carbonyl (C=O) groups is 1. The fourth-order valence-corrected chi connectivity index (χ4v) is 4.84. The first-order valence-corrected chi connectivity index (χ1v) is 11.4. The van der Waals surface area contributed by atoms with E-state index in [9.17, 15) is 13.2 Å². The number of carbonyl (C=O) groups excluding carboxylic acids is 1. The van der Waals surface area contributed by atoms with Crippen molar-refractivity contribution in [3.63, 3.8) is 0 Å². The monoisotopic (exact) mass is 441 g/mol. The van der Waals surface area contributed by atoms with E-state index in [-0.39, 0.29) is 28.9 Å². The summed E-state index contributed by atoms with van der Waals surface area (Å²) >= 11 is 0. The van der Waals surface area contributed by atoms with Gasteiger partial charge in [-0.15, -0.1) is 0 Å². The van der Waals surface area contributed by atoms with Gasteiger partial charge in [-0.05, 0) is 35.7 Å². The number of ether oxygens (including phenoxy) is 1. The maximum Gasteiger partial charge on any atom is 0.338 e. The Bertz CT molecular complexity index is 1200. The van der Waals surface area contributed by atoms with Crippen LogP contribution in [0, 0.1) is 0 Å². The second kappa shape index (κ2) is 8.60. The smallest absolute Gasteiger partial charge is 0.338 e. The van der Waals surface area contributed by atoms with E-state index in [1.807, 2.05) is 38.1 Å². The van der Waals surface area contributed by atoms with Crippen LogP contribution in [0.2, 0.25) is 0 Å². The van der Waals surface area contributed by atoms with Gasteiger partial charge in [0.15, 0.2) is 12.4 Å². The quantitative estimate of drug-likeness (QED) is 0.541. The highest BCUT2D eigenvalue weighted by molar-refractivity contribution is 7.89. The lowest BCUT2D eigenvalue weighted by atomic mass is 10.0. The van der Waals surface area contributed by atoms with Crippen LogP contribution in [0.4, 0.5) is 0 Å². The van der Waals surface area contributed by atoms with Crippen molar-refractivity contribution in [2.45, 2.75) is 44.2 Å². The summed E-state index contributed by atoms with van der Waals surface area (Å²) in [6.07, 6.45) is 0.652. The summed E-state index contributed by atoms with van der Waals surface area (Å²) in [6.45, 7) is 4.37. The molecule has 9 heteroatoms. The Balaban J connectivity index is 1.47. The largest absolute Gasteiger partial charge is 0.452 e. The summed E-state index contributed by atoms with van der Waals surface area (Å²) in [7, 11) is -3.75. The molecule has 2 aromatic carbocycles. The van der Waals surface area contributed by atoms with Gasteiger partial charge in [0.2, 0.25) is 10.0 Å². The van der Waals surface area contributed by atoms with Crippen molar-refractivity contribution in [1.82, 2.24) is 14.4 Å². The number of aromatic nitrogens is 2. The van der Waals surface area contributed by atoms with E-state index in [2.05, 4.69) is 10.1 Å². The average Bonchev–Trinajstić information content (AvgIpc) is 3.27. The maximum atomic E-state index is 13.2. The minimum atomic E-state index is -3.75. The van der Waals surface area contributed by atoms with Crippen molar-refractivity contribution in [3.8, 4) is 0 Å². The number of sulfonamides is 1. The molecule has 0 saturated heterocycles. The van der Waals surface area contributed by atoms with E-state index in [1.165, 1.54) is 28.6 Å². The van der Waals surface area contributed by atoms with Crippen molar-refractivity contribution < 1.29 is 22.5 Å². The minimum absolute atomic E-state index is 0.0567. The molecule has 162 valence electrons. The first kappa shape index (κ1) is 21.2. The molecule has 2 heterocycles. The standard InChI is InChI=1S/C22H23N3O5S/c1-15(2)21-23-20(30-24-21)14-29-22(26)17-8-5-9-19(12-17)31(27,28)25-11-10-16-6-3-4-7-18(16)13-25/h3-9,12,15H,10-11,13-14H2,1-2H3. The van der Waals surface area contributed by atoms with Crippen LogP contribution in [0.15, 0.2) is 57.9 Å². The van der Waals surface area contributed by atoms with Crippen molar-refractivity contribution in [1.29, 1.82) is 0 Å². The number of rotatable bonds is 6. The molecule has 0 N–H and O–H groups in total. The summed E-state index contributed by atoms with van der Waals surface area (Å²) in [5.74, 6) is 0.150. The van der Waals surface area contributed by atoms with Crippen LogP contribution in [0.1, 0.15) is 53.0 Å². The molecule has 31 heavy (non-hydrogen) atoms. The number of nitrogens with zero attached hydrogens (tertiary/aromatic N) is 3. The molecule has 0 saturated carbocycles. The molecular formula is C22H23N3O5S. The van der Waals surface area contributed by atoms with Gasteiger partial charge in [-0.3, -0.25) is 0 Å². The Morgan fingerprint density at radius 3 is 2.68 bits per heavy atom. The second-order valence-electron chi connectivity index (χ2n) is 7.66. The zero-order valence-corrected chi connectivity index (χ0v) is 18.1. The van der Waals surface area contributed by atoms with Crippen LogP contribution in [-0.4, -0.2) is 35.4 Å². The Kier molecular flexibility index (Phi) is 5.88. The lowest BCUT2D eigenvalue weighted by molar-refractivity contribution is 0.0429. The van der Waals surface area contributed by atoms with Gasteiger partial charge in [-0.1, -0.05) is 49.3 Å². The molecule has 4 rings (SSSR count). The maximum absolute atomic E-state index is 13.2. The minimum Gasteiger partial charge on any atom is -0.452 e. The highest BCUT2D eigenvalue weighted by Gasteiger charge is 2.28. The van der Waals surface area contributed by atoms with Gasteiger partial charge in [-0.2, -0.15) is 9.29 Å². The molecule has 1 aliphatic heterocycles. The second-order valence-corrected chi connectivity index (χ2v) is 9.60. The Morgan fingerprint density at radius 1 is 1.16 bits per heavy atom. The third kappa shape index (κ3) is 4.52. The van der Waals surface area contributed by atoms with Crippen LogP contribution in [0.5, 0.6) is 0 Å². The molecule has 0 amide bonds. The number of hydrogen-bond donors (Lipinski definition) is 0. The van der Waals surface area contributed by atoms with E-state index in [1.54, 1.807) is 0 Å². The number of benzene rings is 2. The Hall–Kier alpha value is -3.04. The SMILES string of the molecule is CC(C)c1noc(COC(=O)c2cccc(S(=O)(=O)N3CCc4ccccc4C3)c2)n1. The molecule has 0 unspecified atom stereocenters. The summed E-state index contributed by atoms with van der Waals surface area (Å²) in [5.41, 5.74) is 2.29. The van der Waals surface area contributed by atoms with Gasteiger partial charge >= 0.3 is 5.97 Å². The van der Waals surface area contributed by atoms with E-state index in [4.69, 9.17) is 9.26 Å². The van der Waals surface area contributed by atoms with Crippen molar-refractivity contribution in [2.24, 2.45) is 0 Å². The summed E-state index contributed by atoms with van der Waals surface area (Å²) in [4.78, 5) is 16.7. The van der Waals surface area contributed by atoms with Gasteiger partial charge in [0.1, 0.15) is 0 Å². The van der Waals surface area contributed by atoms with E-state index >= 15 is 0 Å². The normalized spacial score (nSPS) is 14.4. The van der Waals surface area contributed by atoms with Gasteiger partial charge in [0, 0.05) is 19.0 Å². The topological polar surface area (TPSA) is 103 Å². The van der Waals surface area contributed by atoms with Crippen LogP contribution in [0.25, 0.3) is 0 Å². The van der Waals surface area contributed by atoms with Crippen molar-refractivity contribution >= 4 is 16.0 Å². The number of hydrogen-bond acceptors (Lipinski definition) is 7. The fraction of sp³-hybridized carbons (Fsp3) is 0.318. The Labute approximate surface area is 180 Å². The average molecular weight is 442 g/mol. The molecule has 0 radical (unpaired) electrons. The van der Waals surface area contributed by atoms with E-state index < -0.39 is 16.0 Å². The third-order valence-electron chi connectivity index (χ3n) is 5.13. The molecular weight excluding hydrogens is 418 g/mol. The van der Waals surface area contributed by atoms with Crippen LogP contribution in [-0.2, 0) is 34.3 Å². The summed E-state index contributed by atoms with van der Waals surface area (Å²) < 4.78 is 38.0. The van der Waals surface area contributed by atoms with Crippen LogP contribution >= 0.6 is 0 Å². The van der Waals surface area contributed by atoms with Gasteiger partial charge in [-0.25, -0.2) is 13.2 Å². The highest BCUT2D eigenvalue weighted by Crippen LogP contribution is 2.25. The predicted molar refractivity (Wildman–Crippen MR) is 112 cm³/mol. The zero-order valence-electron chi connectivity index (χ0n) is 17.3. The molecule has 1 aromatic heterocycles. The third-order valence-corrected chi connectivity index (χ3v) is 6.97. The van der Waals surface area contributed by atoms with Gasteiger partial charge < -0.3 is 9.26 Å². The molecule has 0 bridgehead atoms. The number of esters is 1. The van der Waals surface area contributed by atoms with Gasteiger partial charge in [0.25, 0.3) is 5.89 Å². The van der Waals surface area contributed by atoms with Gasteiger partial charge in [0.05, 0.1) is 10.5 Å². The molecule has 0 aliphatic carbocycles. The first-order valence-electron chi connectivity index (χ1n) is 10.0. The summed E-state index contributed by atoms with van der Waals surface area (Å²) in [6, 6.07) is 13.7. The van der Waals surface area contributed by atoms with Crippen molar-refractivity contribution in [2.75, 3.05) is 6.54 Å². The van der Waals surface area contributed by atoms with E-state index in [0.717, 1.165) is 11.1 Å². The number of fused-ring (bicyclic) bond motifs is 1. The molecule has 1 aliphatic rings. The van der Waals surface area contributed by atoms with Crippen molar-refractivity contribution in [3.05, 3.63) is 76.9 Å². The first-order chi connectivity index (χ1) is 14.8. The summed E-state index contributed by atoms with van der Waals surface area (Å²) in [5, 5.41) is 3.82. The molecule has 3 aromatic rings. The highest BCUT2D eigenvalue weighted by atomic mass is 32.2. The zero-order chi connectivity index (χ0) is 22.0. The molecule has 0 atom stereocenters. The Morgan fingerprint density at radius 2 is 1.94 bits per heavy atom. The molecule has 0 spiro atoms. The molecule has 0 fully saturated rings. The predicted octanol–water partition coefficient (Wildman–Crippen LogP) is 3.30.